The van der Waals surface area contributed by atoms with Gasteiger partial charge in [0.1, 0.15) is 5.82 Å². The summed E-state index contributed by atoms with van der Waals surface area (Å²) in [6, 6.07) is 1.84. The Bertz CT molecular complexity index is 327. The Kier molecular flexibility index (Phi) is 2.27. The molecule has 0 spiro atoms. The number of ether oxygens (including phenoxy) is 1. The van der Waals surface area contributed by atoms with Crippen molar-refractivity contribution in [2.24, 2.45) is 5.92 Å². The molecule has 2 N–H and O–H groups in total. The second-order valence-corrected chi connectivity index (χ2v) is 3.56. The summed E-state index contributed by atoms with van der Waals surface area (Å²) in [5, 5.41) is 0. The van der Waals surface area contributed by atoms with E-state index in [1.54, 1.807) is 0 Å². The Morgan fingerprint density at radius 1 is 1.36 bits per heavy atom. The van der Waals surface area contributed by atoms with Crippen molar-refractivity contribution in [3.05, 3.63) is 23.8 Å². The molecule has 4 heteroatoms. The summed E-state index contributed by atoms with van der Waals surface area (Å²) in [4.78, 5) is 0. The van der Waals surface area contributed by atoms with Crippen LogP contribution in [0.25, 0.3) is 0 Å². The van der Waals surface area contributed by atoms with Crippen LogP contribution in [0.15, 0.2) is 12.1 Å². The maximum absolute atomic E-state index is 13.1. The number of anilines is 1. The Morgan fingerprint density at radius 3 is 2.64 bits per heavy atom. The maximum Gasteiger partial charge on any atom is 0.178 e. The van der Waals surface area contributed by atoms with Crippen molar-refractivity contribution in [3.63, 3.8) is 0 Å². The first kappa shape index (κ1) is 9.24. The van der Waals surface area contributed by atoms with Gasteiger partial charge in [-0.15, -0.1) is 0 Å². The van der Waals surface area contributed by atoms with Crippen molar-refractivity contribution < 1.29 is 13.5 Å². The first-order chi connectivity index (χ1) is 6.66. The van der Waals surface area contributed by atoms with Crippen LogP contribution >= 0.6 is 0 Å². The summed E-state index contributed by atoms with van der Waals surface area (Å²) in [6.45, 7) is 0.465. The number of hydrogen-bond acceptors (Lipinski definition) is 2. The van der Waals surface area contributed by atoms with Crippen LogP contribution in [-0.4, -0.2) is 6.61 Å². The van der Waals surface area contributed by atoms with Crippen LogP contribution in [0, 0.1) is 17.6 Å². The van der Waals surface area contributed by atoms with E-state index in [0.717, 1.165) is 25.0 Å². The molecule has 1 fully saturated rings. The Hall–Kier alpha value is -1.32. The second-order valence-electron chi connectivity index (χ2n) is 3.56. The lowest BCUT2D eigenvalue weighted by Crippen LogP contribution is -2.04. The van der Waals surface area contributed by atoms with E-state index in [4.69, 9.17) is 10.5 Å². The summed E-state index contributed by atoms with van der Waals surface area (Å²) in [7, 11) is 0. The number of benzene rings is 1. The van der Waals surface area contributed by atoms with Crippen LogP contribution in [0.1, 0.15) is 12.8 Å². The van der Waals surface area contributed by atoms with Crippen molar-refractivity contribution in [1.82, 2.24) is 0 Å². The van der Waals surface area contributed by atoms with Gasteiger partial charge in [0, 0.05) is 12.1 Å². The molecule has 2 rings (SSSR count). The lowest BCUT2D eigenvalue weighted by atomic mass is 10.3. The van der Waals surface area contributed by atoms with E-state index < -0.39 is 11.6 Å². The minimum Gasteiger partial charge on any atom is -0.488 e. The standard InChI is InChI=1S/C10H11F2NO/c11-7-3-8(12)10(9(13)4-7)14-5-6-1-2-6/h3-4,6H,1-2,5,13H2. The second kappa shape index (κ2) is 3.44. The van der Waals surface area contributed by atoms with Crippen LogP contribution in [0.5, 0.6) is 5.75 Å². The van der Waals surface area contributed by atoms with Gasteiger partial charge in [-0.25, -0.2) is 8.78 Å². The normalized spacial score (nSPS) is 15.6. The molecule has 0 aromatic heterocycles. The largest absolute Gasteiger partial charge is 0.488 e. The fourth-order valence-corrected chi connectivity index (χ4v) is 1.22. The zero-order valence-corrected chi connectivity index (χ0v) is 7.59. The molecular weight excluding hydrogens is 188 g/mol. The minimum absolute atomic E-state index is 0.0168. The topological polar surface area (TPSA) is 35.2 Å². The highest BCUT2D eigenvalue weighted by Crippen LogP contribution is 2.32. The van der Waals surface area contributed by atoms with Gasteiger partial charge in [-0.2, -0.15) is 0 Å². The van der Waals surface area contributed by atoms with E-state index in [2.05, 4.69) is 0 Å². The molecule has 0 amide bonds. The van der Waals surface area contributed by atoms with Crippen molar-refractivity contribution in [2.75, 3.05) is 12.3 Å². The number of nitrogen functional groups attached to an aromatic ring is 1. The van der Waals surface area contributed by atoms with E-state index in [1.807, 2.05) is 0 Å². The number of rotatable bonds is 3. The highest BCUT2D eigenvalue weighted by Gasteiger charge is 2.23. The van der Waals surface area contributed by atoms with Crippen LogP contribution in [0.4, 0.5) is 14.5 Å². The first-order valence-electron chi connectivity index (χ1n) is 4.54. The fraction of sp³-hybridized carbons (Fsp3) is 0.400. The van der Waals surface area contributed by atoms with Gasteiger partial charge < -0.3 is 10.5 Å². The monoisotopic (exact) mass is 199 g/mol. The third-order valence-electron chi connectivity index (χ3n) is 2.20. The summed E-state index contributed by atoms with van der Waals surface area (Å²) in [5.74, 6) is -0.931. The van der Waals surface area contributed by atoms with Crippen molar-refractivity contribution >= 4 is 5.69 Å². The van der Waals surface area contributed by atoms with Crippen LogP contribution < -0.4 is 10.5 Å². The van der Waals surface area contributed by atoms with Gasteiger partial charge in [-0.1, -0.05) is 0 Å². The lowest BCUT2D eigenvalue weighted by molar-refractivity contribution is 0.286. The Labute approximate surface area is 80.7 Å². The molecule has 1 aromatic rings. The summed E-state index contributed by atoms with van der Waals surface area (Å²) < 4.78 is 31.0. The molecule has 1 aliphatic rings. The Balaban J connectivity index is 2.13. The van der Waals surface area contributed by atoms with Crippen molar-refractivity contribution in [2.45, 2.75) is 12.8 Å². The molecule has 14 heavy (non-hydrogen) atoms. The van der Waals surface area contributed by atoms with E-state index in [0.29, 0.717) is 12.5 Å². The molecule has 0 heterocycles. The van der Waals surface area contributed by atoms with Crippen LogP contribution in [-0.2, 0) is 0 Å². The predicted octanol–water partition coefficient (Wildman–Crippen LogP) is 2.34. The van der Waals surface area contributed by atoms with Crippen LogP contribution in [0.3, 0.4) is 0 Å². The number of nitrogens with two attached hydrogens (primary N) is 1. The summed E-state index contributed by atoms with van der Waals surface area (Å²) in [6.07, 6.45) is 2.23. The molecule has 1 saturated carbocycles. The quantitative estimate of drug-likeness (QED) is 0.758. The van der Waals surface area contributed by atoms with Crippen LogP contribution in [0.2, 0.25) is 0 Å². The molecule has 0 unspecified atom stereocenters. The van der Waals surface area contributed by atoms with Gasteiger partial charge in [0.05, 0.1) is 12.3 Å². The van der Waals surface area contributed by atoms with E-state index in [9.17, 15) is 8.78 Å². The average Bonchev–Trinajstić information content (AvgIpc) is 2.85. The third kappa shape index (κ3) is 1.95. The Morgan fingerprint density at radius 2 is 2.07 bits per heavy atom. The molecule has 0 aliphatic heterocycles. The van der Waals surface area contributed by atoms with Gasteiger partial charge in [0.2, 0.25) is 0 Å². The van der Waals surface area contributed by atoms with Gasteiger partial charge in [0.15, 0.2) is 11.6 Å². The average molecular weight is 199 g/mol. The molecule has 1 aliphatic carbocycles. The van der Waals surface area contributed by atoms with Gasteiger partial charge in [0.25, 0.3) is 0 Å². The molecule has 1 aromatic carbocycles. The SMILES string of the molecule is Nc1cc(F)cc(F)c1OCC1CC1. The van der Waals surface area contributed by atoms with E-state index >= 15 is 0 Å². The van der Waals surface area contributed by atoms with Gasteiger partial charge in [-0.05, 0) is 18.8 Å². The minimum atomic E-state index is -0.733. The zero-order chi connectivity index (χ0) is 10.1. The highest BCUT2D eigenvalue weighted by atomic mass is 19.1. The molecular formula is C10H11F2NO. The molecule has 0 radical (unpaired) electrons. The smallest absolute Gasteiger partial charge is 0.178 e. The molecule has 76 valence electrons. The zero-order valence-electron chi connectivity index (χ0n) is 7.59. The molecule has 2 nitrogen and oxygen atoms in total. The van der Waals surface area contributed by atoms with Crippen molar-refractivity contribution in [1.29, 1.82) is 0 Å². The number of hydrogen-bond donors (Lipinski definition) is 1. The fourth-order valence-electron chi connectivity index (χ4n) is 1.22. The van der Waals surface area contributed by atoms with Gasteiger partial charge in [-0.3, -0.25) is 0 Å². The first-order valence-corrected chi connectivity index (χ1v) is 4.54. The lowest BCUT2D eigenvalue weighted by Gasteiger charge is -2.09. The van der Waals surface area contributed by atoms with Crippen molar-refractivity contribution in [3.8, 4) is 5.75 Å². The highest BCUT2D eigenvalue weighted by molar-refractivity contribution is 5.53. The maximum atomic E-state index is 13.1. The molecule has 0 bridgehead atoms. The summed E-state index contributed by atoms with van der Waals surface area (Å²) in [5.41, 5.74) is 5.44. The summed E-state index contributed by atoms with van der Waals surface area (Å²) >= 11 is 0. The molecule has 0 atom stereocenters. The number of halogens is 2. The molecule has 0 saturated heterocycles. The van der Waals surface area contributed by atoms with Gasteiger partial charge >= 0.3 is 0 Å². The van der Waals surface area contributed by atoms with E-state index in [1.165, 1.54) is 0 Å². The van der Waals surface area contributed by atoms with E-state index in [-0.39, 0.29) is 11.4 Å². The predicted molar refractivity (Wildman–Crippen MR) is 49.0 cm³/mol. The third-order valence-corrected chi connectivity index (χ3v) is 2.20.